The molecule has 0 fully saturated rings. The summed E-state index contributed by atoms with van der Waals surface area (Å²) in [5, 5.41) is 29.5. The Morgan fingerprint density at radius 2 is 1.81 bits per heavy atom. The van der Waals surface area contributed by atoms with E-state index in [9.17, 15) is 0 Å². The van der Waals surface area contributed by atoms with Gasteiger partial charge in [-0.15, -0.1) is 5.10 Å². The van der Waals surface area contributed by atoms with Crippen LogP contribution in [0.3, 0.4) is 0 Å². The lowest BCUT2D eigenvalue weighted by molar-refractivity contribution is 0.199. The molecule has 1 heterocycles. The van der Waals surface area contributed by atoms with Crippen molar-refractivity contribution in [3.8, 4) is 5.69 Å². The highest BCUT2D eigenvalue weighted by molar-refractivity contribution is 9.10. The largest absolute Gasteiger partial charge is 0.395 e. The number of tetrazole rings is 1. The van der Waals surface area contributed by atoms with E-state index in [0.717, 1.165) is 10.2 Å². The van der Waals surface area contributed by atoms with E-state index in [4.69, 9.17) is 10.2 Å². The molecular formula is C13H16BrN5O2. The minimum atomic E-state index is 0.0159. The number of aliphatic hydroxyl groups is 2. The standard InChI is InChI=1S/C13H16BrN5O2/c14-11-1-3-12(4-2-11)19-13(15-16-17-19)5-6-18(7-9-20)8-10-21/h1-6,20-21H,7-10H2. The van der Waals surface area contributed by atoms with Gasteiger partial charge < -0.3 is 15.1 Å². The second-order valence-electron chi connectivity index (χ2n) is 4.22. The van der Waals surface area contributed by atoms with Crippen LogP contribution in [0.15, 0.2) is 34.9 Å². The third-order valence-corrected chi connectivity index (χ3v) is 3.30. The summed E-state index contributed by atoms with van der Waals surface area (Å²) in [7, 11) is 0. The van der Waals surface area contributed by atoms with Gasteiger partial charge in [0.2, 0.25) is 0 Å². The average molecular weight is 354 g/mol. The van der Waals surface area contributed by atoms with Crippen molar-refractivity contribution in [2.45, 2.75) is 0 Å². The Labute approximate surface area is 130 Å². The molecule has 7 nitrogen and oxygen atoms in total. The Morgan fingerprint density at radius 1 is 1.14 bits per heavy atom. The summed E-state index contributed by atoms with van der Waals surface area (Å²) in [4.78, 5) is 1.79. The summed E-state index contributed by atoms with van der Waals surface area (Å²) in [5.41, 5.74) is 0.846. The highest BCUT2D eigenvalue weighted by Crippen LogP contribution is 2.14. The number of hydrogen-bond donors (Lipinski definition) is 2. The maximum absolute atomic E-state index is 8.97. The Kier molecular flexibility index (Phi) is 5.85. The van der Waals surface area contributed by atoms with Crippen LogP contribution < -0.4 is 0 Å². The molecule has 0 aliphatic carbocycles. The highest BCUT2D eigenvalue weighted by Gasteiger charge is 2.06. The number of aliphatic hydroxyl groups excluding tert-OH is 2. The summed E-state index contributed by atoms with van der Waals surface area (Å²) in [5.74, 6) is 0.568. The Hall–Kier alpha value is -1.77. The van der Waals surface area contributed by atoms with Crippen molar-refractivity contribution in [2.24, 2.45) is 0 Å². The smallest absolute Gasteiger partial charge is 0.181 e. The predicted octanol–water partition coefficient (Wildman–Crippen LogP) is 0.682. The molecule has 0 amide bonds. The van der Waals surface area contributed by atoms with Crippen LogP contribution in [-0.2, 0) is 0 Å². The number of nitrogens with zero attached hydrogens (tertiary/aromatic N) is 5. The van der Waals surface area contributed by atoms with Gasteiger partial charge >= 0.3 is 0 Å². The SMILES string of the molecule is OCCN(C=Cc1nnnn1-c1ccc(Br)cc1)CCO. The fourth-order valence-electron chi connectivity index (χ4n) is 1.75. The Bertz CT molecular complexity index is 579. The van der Waals surface area contributed by atoms with E-state index in [1.165, 1.54) is 0 Å². The first kappa shape index (κ1) is 15.6. The number of aromatic nitrogens is 4. The second-order valence-corrected chi connectivity index (χ2v) is 5.14. The third-order valence-electron chi connectivity index (χ3n) is 2.77. The van der Waals surface area contributed by atoms with Crippen LogP contribution in [0.2, 0.25) is 0 Å². The molecule has 0 aliphatic heterocycles. The molecule has 0 bridgehead atoms. The van der Waals surface area contributed by atoms with Gasteiger partial charge in [0.1, 0.15) is 0 Å². The van der Waals surface area contributed by atoms with Crippen molar-refractivity contribution >= 4 is 22.0 Å². The number of benzene rings is 1. The molecule has 0 unspecified atom stereocenters. The summed E-state index contributed by atoms with van der Waals surface area (Å²) in [6.45, 7) is 0.914. The molecular weight excluding hydrogens is 338 g/mol. The fraction of sp³-hybridized carbons (Fsp3) is 0.308. The van der Waals surface area contributed by atoms with Crippen molar-refractivity contribution in [3.63, 3.8) is 0 Å². The zero-order valence-corrected chi connectivity index (χ0v) is 12.9. The Morgan fingerprint density at radius 3 is 2.43 bits per heavy atom. The van der Waals surface area contributed by atoms with Crippen LogP contribution in [0.5, 0.6) is 0 Å². The fourth-order valence-corrected chi connectivity index (χ4v) is 2.02. The van der Waals surface area contributed by atoms with E-state index < -0.39 is 0 Å². The first-order chi connectivity index (χ1) is 10.2. The minimum Gasteiger partial charge on any atom is -0.395 e. The topological polar surface area (TPSA) is 87.3 Å². The molecule has 0 saturated heterocycles. The van der Waals surface area contributed by atoms with Crippen LogP contribution in [0.25, 0.3) is 11.8 Å². The van der Waals surface area contributed by atoms with Gasteiger partial charge in [-0.25, -0.2) is 0 Å². The number of halogens is 1. The normalized spacial score (nSPS) is 11.2. The van der Waals surface area contributed by atoms with Gasteiger partial charge in [0.15, 0.2) is 5.82 Å². The molecule has 0 aliphatic rings. The average Bonchev–Trinajstić information content (AvgIpc) is 2.94. The summed E-state index contributed by atoms with van der Waals surface area (Å²) in [6, 6.07) is 7.62. The first-order valence-electron chi connectivity index (χ1n) is 6.43. The van der Waals surface area contributed by atoms with Gasteiger partial charge in [-0.05, 0) is 34.7 Å². The molecule has 112 valence electrons. The van der Waals surface area contributed by atoms with Gasteiger partial charge in [-0.2, -0.15) is 4.68 Å². The molecule has 0 spiro atoms. The van der Waals surface area contributed by atoms with Crippen molar-refractivity contribution in [1.82, 2.24) is 25.1 Å². The summed E-state index contributed by atoms with van der Waals surface area (Å²) in [6.07, 6.45) is 3.50. The molecule has 21 heavy (non-hydrogen) atoms. The lowest BCUT2D eigenvalue weighted by atomic mass is 10.3. The van der Waals surface area contributed by atoms with Crippen LogP contribution in [0, 0.1) is 0 Å². The molecule has 2 rings (SSSR count). The van der Waals surface area contributed by atoms with E-state index in [2.05, 4.69) is 31.5 Å². The van der Waals surface area contributed by atoms with Gasteiger partial charge in [0.25, 0.3) is 0 Å². The predicted molar refractivity (Wildman–Crippen MR) is 81.6 cm³/mol. The van der Waals surface area contributed by atoms with E-state index in [1.807, 2.05) is 24.3 Å². The second kappa shape index (κ2) is 7.87. The highest BCUT2D eigenvalue weighted by atomic mass is 79.9. The molecule has 1 aromatic heterocycles. The molecule has 8 heteroatoms. The molecule has 2 aromatic rings. The van der Waals surface area contributed by atoms with Gasteiger partial charge in [-0.1, -0.05) is 15.9 Å². The maximum atomic E-state index is 8.97. The zero-order valence-electron chi connectivity index (χ0n) is 11.3. The summed E-state index contributed by atoms with van der Waals surface area (Å²) < 4.78 is 2.59. The molecule has 0 saturated carbocycles. The van der Waals surface area contributed by atoms with Gasteiger partial charge in [-0.3, -0.25) is 0 Å². The van der Waals surface area contributed by atoms with Gasteiger partial charge in [0.05, 0.1) is 18.9 Å². The first-order valence-corrected chi connectivity index (χ1v) is 7.22. The van der Waals surface area contributed by atoms with Crippen LogP contribution >= 0.6 is 15.9 Å². The number of rotatable bonds is 7. The van der Waals surface area contributed by atoms with Crippen molar-refractivity contribution in [3.05, 3.63) is 40.8 Å². The van der Waals surface area contributed by atoms with Crippen LogP contribution in [0.1, 0.15) is 5.82 Å². The third kappa shape index (κ3) is 4.35. The van der Waals surface area contributed by atoms with Gasteiger partial charge in [0, 0.05) is 29.8 Å². The lowest BCUT2D eigenvalue weighted by Gasteiger charge is -2.17. The number of hydrogen-bond acceptors (Lipinski definition) is 6. The summed E-state index contributed by atoms with van der Waals surface area (Å²) >= 11 is 3.38. The molecule has 2 N–H and O–H groups in total. The zero-order chi connectivity index (χ0) is 15.1. The molecule has 0 atom stereocenters. The van der Waals surface area contributed by atoms with E-state index >= 15 is 0 Å². The maximum Gasteiger partial charge on any atom is 0.181 e. The molecule has 1 aromatic carbocycles. The van der Waals surface area contributed by atoms with Crippen molar-refractivity contribution < 1.29 is 10.2 Å². The molecule has 0 radical (unpaired) electrons. The minimum absolute atomic E-state index is 0.0159. The van der Waals surface area contributed by atoms with E-state index in [0.29, 0.717) is 18.9 Å². The lowest BCUT2D eigenvalue weighted by Crippen LogP contribution is -2.24. The van der Waals surface area contributed by atoms with Crippen LogP contribution in [0.4, 0.5) is 0 Å². The van der Waals surface area contributed by atoms with E-state index in [-0.39, 0.29) is 13.2 Å². The van der Waals surface area contributed by atoms with E-state index in [1.54, 1.807) is 21.9 Å². The quantitative estimate of drug-likeness (QED) is 0.761. The van der Waals surface area contributed by atoms with Crippen molar-refractivity contribution in [1.29, 1.82) is 0 Å². The van der Waals surface area contributed by atoms with Crippen molar-refractivity contribution in [2.75, 3.05) is 26.3 Å². The Balaban J connectivity index is 2.18. The monoisotopic (exact) mass is 353 g/mol. The van der Waals surface area contributed by atoms with Crippen LogP contribution in [-0.4, -0.2) is 61.6 Å².